The molecule has 3 heterocycles. The van der Waals surface area contributed by atoms with E-state index in [2.05, 4.69) is 20.3 Å². The van der Waals surface area contributed by atoms with Crippen LogP contribution in [0.25, 0.3) is 22.3 Å². The number of rotatable bonds is 5. The van der Waals surface area contributed by atoms with Crippen molar-refractivity contribution in [3.05, 3.63) is 41.4 Å². The molecule has 2 aromatic heterocycles. The van der Waals surface area contributed by atoms with E-state index in [1.807, 2.05) is 37.8 Å². The molecule has 0 bridgehead atoms. The first-order valence-electron chi connectivity index (χ1n) is 11.6. The number of nitrogens with two attached hydrogens (primary N) is 1. The Bertz CT molecular complexity index is 1220. The van der Waals surface area contributed by atoms with Gasteiger partial charge in [0.05, 0.1) is 34.6 Å². The van der Waals surface area contributed by atoms with Gasteiger partial charge in [-0.15, -0.1) is 0 Å². The molecule has 5 rings (SSSR count). The maximum Gasteiger partial charge on any atom is 1.00 e. The topological polar surface area (TPSA) is 111 Å². The first-order valence-corrected chi connectivity index (χ1v) is 12.0. The zero-order valence-corrected chi connectivity index (χ0v) is 21.1. The Labute approximate surface area is 221 Å². The van der Waals surface area contributed by atoms with E-state index in [1.165, 1.54) is 12.3 Å². The SMILES string of the molecule is CC(C)n1c([C@@H]2CC2N)nc2c(F)cc(-c3nc(N[C@@H]4C[CH-]CO[C@H](C)[C@H]4O)ncc3Cl)cc21.[Li+]. The summed E-state index contributed by atoms with van der Waals surface area (Å²) >= 11 is 6.45. The van der Waals surface area contributed by atoms with E-state index >= 15 is 4.39 Å². The van der Waals surface area contributed by atoms with Crippen molar-refractivity contribution < 1.29 is 33.1 Å². The number of anilines is 1. The number of ether oxygens (including phenoxy) is 1. The molecule has 1 aliphatic carbocycles. The molecule has 0 radical (unpaired) electrons. The number of aliphatic hydroxyl groups is 1. The number of aliphatic hydroxyl groups excluding tert-OH is 1. The number of nitrogens with one attached hydrogen (secondary N) is 1. The predicted octanol–water partition coefficient (Wildman–Crippen LogP) is 0.840. The summed E-state index contributed by atoms with van der Waals surface area (Å²) in [6.07, 6.45) is 3.82. The molecule has 5 atom stereocenters. The third-order valence-corrected chi connectivity index (χ3v) is 6.86. The fourth-order valence-corrected chi connectivity index (χ4v) is 4.81. The minimum atomic E-state index is -0.733. The molecule has 0 amide bonds. The number of imidazole rings is 1. The van der Waals surface area contributed by atoms with Crippen molar-refractivity contribution in [1.82, 2.24) is 19.5 Å². The number of hydrogen-bond acceptors (Lipinski definition) is 7. The molecule has 3 aromatic rings. The molecule has 1 saturated carbocycles. The van der Waals surface area contributed by atoms with E-state index in [0.29, 0.717) is 46.3 Å². The van der Waals surface area contributed by atoms with E-state index in [9.17, 15) is 5.11 Å². The van der Waals surface area contributed by atoms with Crippen LogP contribution < -0.4 is 29.9 Å². The van der Waals surface area contributed by atoms with Gasteiger partial charge in [-0.3, -0.25) is 0 Å². The molecule has 1 aliphatic heterocycles. The summed E-state index contributed by atoms with van der Waals surface area (Å²) in [5.41, 5.74) is 8.00. The second kappa shape index (κ2) is 10.3. The zero-order valence-electron chi connectivity index (χ0n) is 20.4. The van der Waals surface area contributed by atoms with Crippen LogP contribution in [0.3, 0.4) is 0 Å². The molecule has 1 unspecified atom stereocenters. The number of aromatic nitrogens is 4. The molecule has 11 heteroatoms. The Morgan fingerprint density at radius 2 is 2.09 bits per heavy atom. The minimum absolute atomic E-state index is 0. The predicted molar refractivity (Wildman–Crippen MR) is 129 cm³/mol. The molecule has 4 N–H and O–H groups in total. The van der Waals surface area contributed by atoms with Gasteiger partial charge in [0.15, 0.2) is 5.82 Å². The second-order valence-electron chi connectivity index (χ2n) is 9.46. The van der Waals surface area contributed by atoms with Gasteiger partial charge in [-0.05, 0) is 39.3 Å². The molecule has 1 aromatic carbocycles. The number of benzene rings is 1. The van der Waals surface area contributed by atoms with Crippen LogP contribution in [0.2, 0.25) is 5.02 Å². The fraction of sp³-hybridized carbons (Fsp3) is 0.500. The van der Waals surface area contributed by atoms with Crippen molar-refractivity contribution in [3.63, 3.8) is 0 Å². The number of hydrogen-bond donors (Lipinski definition) is 3. The first-order chi connectivity index (χ1) is 16.2. The van der Waals surface area contributed by atoms with Crippen molar-refractivity contribution in [3.8, 4) is 11.3 Å². The molecule has 35 heavy (non-hydrogen) atoms. The Morgan fingerprint density at radius 1 is 1.34 bits per heavy atom. The van der Waals surface area contributed by atoms with Gasteiger partial charge in [0.1, 0.15) is 11.3 Å². The molecule has 2 aliphatic rings. The largest absolute Gasteiger partial charge is 1.00 e. The summed E-state index contributed by atoms with van der Waals surface area (Å²) in [7, 11) is 0. The maximum atomic E-state index is 15.3. The Balaban J connectivity index is 0.00000289. The van der Waals surface area contributed by atoms with Crippen molar-refractivity contribution >= 4 is 28.6 Å². The van der Waals surface area contributed by atoms with Gasteiger partial charge in [0.25, 0.3) is 0 Å². The monoisotopic (exact) mass is 494 g/mol. The van der Waals surface area contributed by atoms with Crippen molar-refractivity contribution in [1.29, 1.82) is 0 Å². The van der Waals surface area contributed by atoms with Crippen molar-refractivity contribution in [2.24, 2.45) is 5.73 Å². The van der Waals surface area contributed by atoms with Gasteiger partial charge in [0, 0.05) is 29.6 Å². The van der Waals surface area contributed by atoms with Crippen LogP contribution in [0, 0.1) is 12.2 Å². The third kappa shape index (κ3) is 5.08. The Kier molecular flexibility index (Phi) is 7.77. The summed E-state index contributed by atoms with van der Waals surface area (Å²) in [6.45, 7) is 6.39. The van der Waals surface area contributed by atoms with E-state index in [1.54, 1.807) is 0 Å². The molecule has 2 fully saturated rings. The van der Waals surface area contributed by atoms with Gasteiger partial charge in [-0.1, -0.05) is 18.2 Å². The number of nitrogens with zero attached hydrogens (tertiary/aromatic N) is 4. The van der Waals surface area contributed by atoms with Gasteiger partial charge >= 0.3 is 18.9 Å². The molecule has 1 saturated heterocycles. The quantitative estimate of drug-likeness (QED) is 0.356. The number of halogens is 2. The van der Waals surface area contributed by atoms with Gasteiger partial charge < -0.3 is 31.9 Å². The fourth-order valence-electron chi connectivity index (χ4n) is 4.61. The van der Waals surface area contributed by atoms with Crippen LogP contribution in [0.4, 0.5) is 10.3 Å². The average Bonchev–Trinajstić information content (AvgIpc) is 3.43. The van der Waals surface area contributed by atoms with E-state index in [4.69, 9.17) is 22.1 Å². The van der Waals surface area contributed by atoms with E-state index in [-0.39, 0.29) is 49.0 Å². The van der Waals surface area contributed by atoms with E-state index in [0.717, 1.165) is 12.2 Å². The second-order valence-corrected chi connectivity index (χ2v) is 9.87. The van der Waals surface area contributed by atoms with Crippen molar-refractivity contribution in [2.75, 3.05) is 11.9 Å². The molecule has 0 spiro atoms. The molecule has 182 valence electrons. The summed E-state index contributed by atoms with van der Waals surface area (Å²) in [6, 6.07) is 3.09. The smallest absolute Gasteiger partial charge is 0.407 e. The van der Waals surface area contributed by atoms with Crippen molar-refractivity contribution in [2.45, 2.75) is 69.9 Å². The summed E-state index contributed by atoms with van der Waals surface area (Å²) < 4.78 is 22.8. The third-order valence-electron chi connectivity index (χ3n) is 6.59. The minimum Gasteiger partial charge on any atom is -0.407 e. The maximum absolute atomic E-state index is 15.3. The van der Waals surface area contributed by atoms with Crippen LogP contribution in [0.15, 0.2) is 18.3 Å². The Morgan fingerprint density at radius 3 is 2.77 bits per heavy atom. The normalized spacial score (nSPS) is 26.5. The summed E-state index contributed by atoms with van der Waals surface area (Å²) in [4.78, 5) is 13.5. The zero-order chi connectivity index (χ0) is 24.1. The van der Waals surface area contributed by atoms with E-state index < -0.39 is 11.9 Å². The van der Waals surface area contributed by atoms with Gasteiger partial charge in [0.2, 0.25) is 5.95 Å². The Hall–Kier alpha value is -1.73. The van der Waals surface area contributed by atoms with Crippen LogP contribution in [-0.4, -0.2) is 55.5 Å². The summed E-state index contributed by atoms with van der Waals surface area (Å²) in [5.74, 6) is 0.824. The van der Waals surface area contributed by atoms with Crippen LogP contribution >= 0.6 is 11.6 Å². The molecule has 8 nitrogen and oxygen atoms in total. The van der Waals surface area contributed by atoms with Crippen LogP contribution in [-0.2, 0) is 4.74 Å². The number of fused-ring (bicyclic) bond motifs is 1. The molecular formula is C24H29ClFLiN6O2. The molecular weight excluding hydrogens is 466 g/mol. The average molecular weight is 495 g/mol. The van der Waals surface area contributed by atoms with Gasteiger partial charge in [-0.2, -0.15) is 6.42 Å². The first kappa shape index (κ1) is 26.3. The standard InChI is InChI=1S/C24H29ClFN6O2.Li/c1-11(2)32-19-8-13(7-16(26)21(19)30-23(32)14-9-17(14)27)20-15(25)10-28-24(31-20)29-18-5-4-6-34-12(3)22(18)33;/h4,7-8,10-12,14,17-18,22,33H,5-6,9,27H2,1-3H3,(H,28,29,31);/q-1;+1/t12-,14-,17?,18-,22-;/m1./s1. The van der Waals surface area contributed by atoms with Crippen LogP contribution in [0.5, 0.6) is 0 Å². The summed E-state index contributed by atoms with van der Waals surface area (Å²) in [5, 5.41) is 14.1. The van der Waals surface area contributed by atoms with Crippen LogP contribution in [0.1, 0.15) is 51.4 Å². The van der Waals surface area contributed by atoms with Gasteiger partial charge in [-0.25, -0.2) is 19.3 Å².